The number of pyridine rings is 1. The van der Waals surface area contributed by atoms with E-state index >= 15 is 0 Å². The van der Waals surface area contributed by atoms with Gasteiger partial charge in [-0.2, -0.15) is 0 Å². The summed E-state index contributed by atoms with van der Waals surface area (Å²) in [6, 6.07) is 5.14. The molecule has 1 aliphatic heterocycles. The van der Waals surface area contributed by atoms with Crippen LogP contribution in [0.15, 0.2) is 18.2 Å². The number of carbonyl (C=O) groups excluding carboxylic acids is 2. The van der Waals surface area contributed by atoms with Gasteiger partial charge in [0.2, 0.25) is 11.8 Å². The first-order chi connectivity index (χ1) is 9.11. The van der Waals surface area contributed by atoms with Gasteiger partial charge in [0.05, 0.1) is 6.54 Å². The van der Waals surface area contributed by atoms with E-state index in [0.717, 1.165) is 18.8 Å². The van der Waals surface area contributed by atoms with Crippen molar-refractivity contribution < 1.29 is 9.59 Å². The van der Waals surface area contributed by atoms with Gasteiger partial charge in [0, 0.05) is 6.54 Å². The minimum Gasteiger partial charge on any atom is -0.370 e. The highest BCUT2D eigenvalue weighted by atomic mass is 16.2. The van der Waals surface area contributed by atoms with E-state index in [1.54, 1.807) is 17.9 Å². The van der Waals surface area contributed by atoms with Crippen LogP contribution in [-0.4, -0.2) is 35.9 Å². The quantitative estimate of drug-likeness (QED) is 0.783. The molecule has 0 aliphatic carbocycles. The normalized spacial score (nSPS) is 19.3. The minimum atomic E-state index is -0.397. The van der Waals surface area contributed by atoms with Crippen molar-refractivity contribution in [2.24, 2.45) is 0 Å². The first kappa shape index (κ1) is 13.3. The van der Waals surface area contributed by atoms with Crippen molar-refractivity contribution in [1.29, 1.82) is 0 Å². The Morgan fingerprint density at radius 1 is 1.47 bits per heavy atom. The number of nitrogens with zero attached hydrogens (tertiary/aromatic N) is 2. The van der Waals surface area contributed by atoms with E-state index in [9.17, 15) is 9.59 Å². The molecule has 0 radical (unpaired) electrons. The fraction of sp³-hybridized carbons (Fsp3) is 0.462. The highest BCUT2D eigenvalue weighted by Crippen LogP contribution is 2.18. The summed E-state index contributed by atoms with van der Waals surface area (Å²) in [5.41, 5.74) is 0. The van der Waals surface area contributed by atoms with Crippen molar-refractivity contribution in [3.05, 3.63) is 18.2 Å². The molecule has 2 N–H and O–H groups in total. The summed E-state index contributed by atoms with van der Waals surface area (Å²) in [6.07, 6.45) is 1.01. The number of imide groups is 1. The highest BCUT2D eigenvalue weighted by molar-refractivity contribution is 6.04. The first-order valence-electron chi connectivity index (χ1n) is 6.43. The molecule has 6 heteroatoms. The lowest BCUT2D eigenvalue weighted by Crippen LogP contribution is -2.57. The number of nitrogens with one attached hydrogen (secondary N) is 2. The Labute approximate surface area is 112 Å². The molecule has 1 unspecified atom stereocenters. The van der Waals surface area contributed by atoms with Crippen LogP contribution in [0.25, 0.3) is 0 Å². The van der Waals surface area contributed by atoms with Gasteiger partial charge < -0.3 is 10.2 Å². The van der Waals surface area contributed by atoms with Crippen LogP contribution in [0.1, 0.15) is 20.3 Å². The number of carbonyl (C=O) groups is 2. The second-order valence-corrected chi connectivity index (χ2v) is 4.52. The Morgan fingerprint density at radius 2 is 2.26 bits per heavy atom. The predicted octanol–water partition coefficient (Wildman–Crippen LogP) is 0.755. The van der Waals surface area contributed by atoms with Crippen LogP contribution in [0.4, 0.5) is 11.6 Å². The molecule has 0 bridgehead atoms. The van der Waals surface area contributed by atoms with Crippen molar-refractivity contribution in [2.45, 2.75) is 26.3 Å². The molecule has 1 fully saturated rings. The van der Waals surface area contributed by atoms with Crippen LogP contribution in [0.2, 0.25) is 0 Å². The molecule has 0 aromatic carbocycles. The Balaban J connectivity index is 2.20. The van der Waals surface area contributed by atoms with Gasteiger partial charge >= 0.3 is 0 Å². The fourth-order valence-electron chi connectivity index (χ4n) is 1.93. The average molecular weight is 262 g/mol. The molecule has 1 saturated heterocycles. The van der Waals surface area contributed by atoms with Gasteiger partial charge in [0.1, 0.15) is 17.7 Å². The van der Waals surface area contributed by atoms with E-state index in [2.05, 4.69) is 22.5 Å². The zero-order valence-corrected chi connectivity index (χ0v) is 11.1. The maximum absolute atomic E-state index is 11.6. The molecule has 0 spiro atoms. The second kappa shape index (κ2) is 5.69. The Bertz CT molecular complexity index is 489. The predicted molar refractivity (Wildman–Crippen MR) is 73.0 cm³/mol. The summed E-state index contributed by atoms with van der Waals surface area (Å²) in [5.74, 6) is 0.809. The molecule has 0 saturated carbocycles. The minimum absolute atomic E-state index is 0.150. The van der Waals surface area contributed by atoms with E-state index in [1.165, 1.54) is 0 Å². The zero-order chi connectivity index (χ0) is 13.8. The number of hydrogen-bond donors (Lipinski definition) is 2. The lowest BCUT2D eigenvalue weighted by Gasteiger charge is -2.32. The van der Waals surface area contributed by atoms with Crippen molar-refractivity contribution in [3.8, 4) is 0 Å². The zero-order valence-electron chi connectivity index (χ0n) is 11.1. The maximum Gasteiger partial charge on any atom is 0.249 e. The molecule has 2 heterocycles. The van der Waals surface area contributed by atoms with Crippen LogP contribution in [0, 0.1) is 0 Å². The van der Waals surface area contributed by atoms with E-state index in [0.29, 0.717) is 5.82 Å². The second-order valence-electron chi connectivity index (χ2n) is 4.52. The molecule has 6 nitrogen and oxygen atoms in total. The average Bonchev–Trinajstić information content (AvgIpc) is 2.41. The first-order valence-corrected chi connectivity index (χ1v) is 6.43. The fourth-order valence-corrected chi connectivity index (χ4v) is 1.93. The Hall–Kier alpha value is -2.11. The van der Waals surface area contributed by atoms with Gasteiger partial charge in [-0.15, -0.1) is 0 Å². The number of hydrogen-bond acceptors (Lipinski definition) is 5. The number of aromatic nitrogens is 1. The largest absolute Gasteiger partial charge is 0.370 e. The SMILES string of the molecule is CCCNc1cccc(N2CC(=O)NC(=O)C2C)n1. The standard InChI is InChI=1S/C13H18N4O2/c1-3-7-14-10-5-4-6-11(15-10)17-8-12(18)16-13(19)9(17)2/h4-6,9H,3,7-8H2,1-2H3,(H,14,15)(H,16,18,19). The highest BCUT2D eigenvalue weighted by Gasteiger charge is 2.31. The van der Waals surface area contributed by atoms with Gasteiger partial charge in [-0.25, -0.2) is 4.98 Å². The summed E-state index contributed by atoms with van der Waals surface area (Å²) >= 11 is 0. The third-order valence-electron chi connectivity index (χ3n) is 3.01. The summed E-state index contributed by atoms with van der Waals surface area (Å²) in [5, 5.41) is 5.50. The summed E-state index contributed by atoms with van der Waals surface area (Å²) in [7, 11) is 0. The van der Waals surface area contributed by atoms with Gasteiger partial charge in [-0.05, 0) is 25.5 Å². The van der Waals surface area contributed by atoms with Crippen LogP contribution in [0.5, 0.6) is 0 Å². The van der Waals surface area contributed by atoms with Gasteiger partial charge in [0.15, 0.2) is 0 Å². The molecule has 2 rings (SSSR count). The third-order valence-corrected chi connectivity index (χ3v) is 3.01. The van der Waals surface area contributed by atoms with E-state index in [-0.39, 0.29) is 18.4 Å². The summed E-state index contributed by atoms with van der Waals surface area (Å²) in [6.45, 7) is 4.82. The molecule has 1 aromatic rings. The molecule has 102 valence electrons. The van der Waals surface area contributed by atoms with Gasteiger partial charge in [0.25, 0.3) is 0 Å². The van der Waals surface area contributed by atoms with Crippen LogP contribution in [-0.2, 0) is 9.59 Å². The number of piperazine rings is 1. The molecule has 1 atom stereocenters. The van der Waals surface area contributed by atoms with Crippen molar-refractivity contribution in [2.75, 3.05) is 23.3 Å². The van der Waals surface area contributed by atoms with E-state index < -0.39 is 6.04 Å². The maximum atomic E-state index is 11.6. The molecule has 1 aliphatic rings. The molecular weight excluding hydrogens is 244 g/mol. The van der Waals surface area contributed by atoms with Crippen molar-refractivity contribution in [3.63, 3.8) is 0 Å². The van der Waals surface area contributed by atoms with Crippen LogP contribution >= 0.6 is 0 Å². The van der Waals surface area contributed by atoms with Crippen molar-refractivity contribution >= 4 is 23.5 Å². The monoisotopic (exact) mass is 262 g/mol. The van der Waals surface area contributed by atoms with E-state index in [4.69, 9.17) is 0 Å². The third kappa shape index (κ3) is 3.01. The lowest BCUT2D eigenvalue weighted by atomic mass is 10.2. The van der Waals surface area contributed by atoms with Crippen LogP contribution in [0.3, 0.4) is 0 Å². The Morgan fingerprint density at radius 3 is 3.00 bits per heavy atom. The van der Waals surface area contributed by atoms with Crippen LogP contribution < -0.4 is 15.5 Å². The van der Waals surface area contributed by atoms with Crippen molar-refractivity contribution in [1.82, 2.24) is 10.3 Å². The Kier molecular flexibility index (Phi) is 3.99. The van der Waals surface area contributed by atoms with Gasteiger partial charge in [-0.1, -0.05) is 13.0 Å². The summed E-state index contributed by atoms with van der Waals surface area (Å²) < 4.78 is 0. The molecule has 2 amide bonds. The smallest absolute Gasteiger partial charge is 0.249 e. The number of anilines is 2. The van der Waals surface area contributed by atoms with Gasteiger partial charge in [-0.3, -0.25) is 14.9 Å². The molecule has 1 aromatic heterocycles. The molecular formula is C13H18N4O2. The topological polar surface area (TPSA) is 74.3 Å². The number of rotatable bonds is 4. The molecule has 19 heavy (non-hydrogen) atoms. The number of amides is 2. The summed E-state index contributed by atoms with van der Waals surface area (Å²) in [4.78, 5) is 29.2. The lowest BCUT2D eigenvalue weighted by molar-refractivity contribution is -0.132. The van der Waals surface area contributed by atoms with E-state index in [1.807, 2.05) is 12.1 Å².